The summed E-state index contributed by atoms with van der Waals surface area (Å²) in [6.07, 6.45) is 2.27. The Kier molecular flexibility index (Phi) is 4.54. The molecule has 2 rings (SSSR count). The summed E-state index contributed by atoms with van der Waals surface area (Å²) >= 11 is 0. The quantitative estimate of drug-likeness (QED) is 0.815. The lowest BCUT2D eigenvalue weighted by Crippen LogP contribution is -3.10. The van der Waals surface area contributed by atoms with Crippen LogP contribution in [0.4, 0.5) is 0 Å². The van der Waals surface area contributed by atoms with Crippen LogP contribution >= 0.6 is 0 Å². The second kappa shape index (κ2) is 6.36. The van der Waals surface area contributed by atoms with E-state index >= 15 is 0 Å². The van der Waals surface area contributed by atoms with E-state index in [-0.39, 0.29) is 0 Å². The predicted molar refractivity (Wildman–Crippen MR) is 76.9 cm³/mol. The minimum Gasteiger partial charge on any atom is -0.337 e. The molecule has 0 radical (unpaired) electrons. The second-order valence-electron chi connectivity index (χ2n) is 5.15. The summed E-state index contributed by atoms with van der Waals surface area (Å²) in [6.45, 7) is 0. The average Bonchev–Trinajstić information content (AvgIpc) is 2.40. The smallest absolute Gasteiger partial charge is 0.0952 e. The summed E-state index contributed by atoms with van der Waals surface area (Å²) in [5.41, 5.74) is 2.86. The molecule has 0 aromatic heterocycles. The molecule has 0 saturated heterocycles. The van der Waals surface area contributed by atoms with Crippen LogP contribution in [0.5, 0.6) is 0 Å². The monoisotopic (exact) mass is 240 g/mol. The Labute approximate surface area is 110 Å². The first-order chi connectivity index (χ1) is 8.75. The Morgan fingerprint density at radius 2 is 1.11 bits per heavy atom. The fourth-order valence-corrected chi connectivity index (χ4v) is 2.28. The van der Waals surface area contributed by atoms with E-state index in [1.54, 1.807) is 0 Å². The molecular formula is C17H22N+. The van der Waals surface area contributed by atoms with Crippen molar-refractivity contribution >= 4 is 0 Å². The molecule has 1 nitrogen and oxygen atoms in total. The normalized spacial score (nSPS) is 11.1. The minimum atomic E-state index is 0.634. The lowest BCUT2D eigenvalue weighted by atomic mass is 9.98. The second-order valence-corrected chi connectivity index (χ2v) is 5.15. The molecular weight excluding hydrogens is 218 g/mol. The first kappa shape index (κ1) is 12.8. The predicted octanol–water partition coefficient (Wildman–Crippen LogP) is 1.98. The van der Waals surface area contributed by atoms with Gasteiger partial charge in [-0.3, -0.25) is 0 Å². The van der Waals surface area contributed by atoms with E-state index in [1.807, 2.05) is 0 Å². The van der Waals surface area contributed by atoms with Gasteiger partial charge in [-0.15, -0.1) is 0 Å². The van der Waals surface area contributed by atoms with E-state index in [9.17, 15) is 0 Å². The maximum Gasteiger partial charge on any atom is 0.0952 e. The number of rotatable bonds is 5. The van der Waals surface area contributed by atoms with Crippen molar-refractivity contribution in [2.24, 2.45) is 0 Å². The zero-order valence-corrected chi connectivity index (χ0v) is 11.3. The fourth-order valence-electron chi connectivity index (χ4n) is 2.28. The van der Waals surface area contributed by atoms with Gasteiger partial charge in [0.05, 0.1) is 20.1 Å². The van der Waals surface area contributed by atoms with E-state index < -0.39 is 0 Å². The summed E-state index contributed by atoms with van der Waals surface area (Å²) in [6, 6.07) is 22.2. The molecule has 0 bridgehead atoms. The van der Waals surface area contributed by atoms with Crippen molar-refractivity contribution in [1.82, 2.24) is 0 Å². The Bertz CT molecular complexity index is 406. The van der Waals surface area contributed by atoms with Gasteiger partial charge < -0.3 is 4.90 Å². The van der Waals surface area contributed by atoms with Gasteiger partial charge in [0.2, 0.25) is 0 Å². The molecule has 0 aliphatic heterocycles. The van der Waals surface area contributed by atoms with Gasteiger partial charge in [-0.1, -0.05) is 60.7 Å². The van der Waals surface area contributed by atoms with Gasteiger partial charge in [0.15, 0.2) is 0 Å². The topological polar surface area (TPSA) is 4.44 Å². The molecule has 0 unspecified atom stereocenters. The Hall–Kier alpha value is -1.60. The molecule has 0 amide bonds. The number of benzene rings is 2. The molecule has 0 aliphatic rings. The van der Waals surface area contributed by atoms with Crippen molar-refractivity contribution < 1.29 is 4.90 Å². The van der Waals surface area contributed by atoms with Crippen molar-refractivity contribution in [3.8, 4) is 0 Å². The summed E-state index contributed by atoms with van der Waals surface area (Å²) in [7, 11) is 4.49. The van der Waals surface area contributed by atoms with Gasteiger partial charge in [0.1, 0.15) is 0 Å². The number of nitrogens with one attached hydrogen (secondary N) is 1. The van der Waals surface area contributed by atoms with Crippen LogP contribution in [0.1, 0.15) is 11.1 Å². The van der Waals surface area contributed by atoms with Crippen molar-refractivity contribution in [2.75, 3.05) is 14.1 Å². The number of hydrogen-bond acceptors (Lipinski definition) is 0. The van der Waals surface area contributed by atoms with Crippen LogP contribution in [0.15, 0.2) is 60.7 Å². The van der Waals surface area contributed by atoms with E-state index in [4.69, 9.17) is 0 Å². The van der Waals surface area contributed by atoms with Crippen molar-refractivity contribution in [3.63, 3.8) is 0 Å². The number of likely N-dealkylation sites (N-methyl/N-ethyl adjacent to an activating group) is 1. The fraction of sp³-hybridized carbons (Fsp3) is 0.294. The van der Waals surface area contributed by atoms with Gasteiger partial charge in [0, 0.05) is 12.8 Å². The zero-order valence-electron chi connectivity index (χ0n) is 11.3. The van der Waals surface area contributed by atoms with Gasteiger partial charge in [0.25, 0.3) is 0 Å². The maximum absolute atomic E-state index is 2.25. The van der Waals surface area contributed by atoms with Crippen LogP contribution in [-0.4, -0.2) is 20.1 Å². The van der Waals surface area contributed by atoms with E-state index in [0.29, 0.717) is 6.04 Å². The lowest BCUT2D eigenvalue weighted by molar-refractivity contribution is -0.885. The van der Waals surface area contributed by atoms with Crippen LogP contribution in [0, 0.1) is 0 Å². The van der Waals surface area contributed by atoms with Gasteiger partial charge in [-0.25, -0.2) is 0 Å². The summed E-state index contributed by atoms with van der Waals surface area (Å²) < 4.78 is 0. The maximum atomic E-state index is 2.25. The summed E-state index contributed by atoms with van der Waals surface area (Å²) in [5.74, 6) is 0. The Morgan fingerprint density at radius 1 is 0.722 bits per heavy atom. The van der Waals surface area contributed by atoms with Crippen molar-refractivity contribution in [3.05, 3.63) is 71.8 Å². The van der Waals surface area contributed by atoms with E-state index in [2.05, 4.69) is 74.8 Å². The van der Waals surface area contributed by atoms with E-state index in [1.165, 1.54) is 16.0 Å². The molecule has 0 aliphatic carbocycles. The van der Waals surface area contributed by atoms with Crippen LogP contribution in [0.2, 0.25) is 0 Å². The molecule has 0 spiro atoms. The zero-order chi connectivity index (χ0) is 12.8. The van der Waals surface area contributed by atoms with Gasteiger partial charge >= 0.3 is 0 Å². The Balaban J connectivity index is 2.05. The molecule has 1 heteroatoms. The molecule has 0 fully saturated rings. The van der Waals surface area contributed by atoms with Crippen LogP contribution in [0.25, 0.3) is 0 Å². The first-order valence-corrected chi connectivity index (χ1v) is 6.63. The summed E-state index contributed by atoms with van der Waals surface area (Å²) in [5, 5.41) is 0. The molecule has 94 valence electrons. The standard InChI is InChI=1S/C17H21N/c1-18(2)17(13-15-9-5-3-6-10-15)14-16-11-7-4-8-12-16/h3-12,17H,13-14H2,1-2H3/p+1. The molecule has 2 aromatic rings. The highest BCUT2D eigenvalue weighted by Crippen LogP contribution is 2.07. The van der Waals surface area contributed by atoms with Crippen LogP contribution < -0.4 is 4.90 Å². The Morgan fingerprint density at radius 3 is 1.44 bits per heavy atom. The molecule has 1 N–H and O–H groups in total. The molecule has 2 aromatic carbocycles. The SMILES string of the molecule is C[NH+](C)C(Cc1ccccc1)Cc1ccccc1. The average molecular weight is 240 g/mol. The highest BCUT2D eigenvalue weighted by Gasteiger charge is 2.16. The first-order valence-electron chi connectivity index (χ1n) is 6.63. The van der Waals surface area contributed by atoms with Crippen LogP contribution in [-0.2, 0) is 12.8 Å². The third kappa shape index (κ3) is 3.71. The lowest BCUT2D eigenvalue weighted by Gasteiger charge is -2.21. The van der Waals surface area contributed by atoms with E-state index in [0.717, 1.165) is 12.8 Å². The third-order valence-corrected chi connectivity index (χ3v) is 3.47. The molecule has 0 atom stereocenters. The van der Waals surface area contributed by atoms with Crippen LogP contribution in [0.3, 0.4) is 0 Å². The molecule has 0 saturated carbocycles. The summed E-state index contributed by atoms with van der Waals surface area (Å²) in [4.78, 5) is 1.52. The van der Waals surface area contributed by atoms with Gasteiger partial charge in [-0.05, 0) is 11.1 Å². The van der Waals surface area contributed by atoms with Crippen molar-refractivity contribution in [2.45, 2.75) is 18.9 Å². The highest BCUT2D eigenvalue weighted by molar-refractivity contribution is 5.18. The largest absolute Gasteiger partial charge is 0.337 e. The van der Waals surface area contributed by atoms with Gasteiger partial charge in [-0.2, -0.15) is 0 Å². The number of quaternary nitrogens is 1. The molecule has 0 heterocycles. The number of hydrogen-bond donors (Lipinski definition) is 1. The minimum absolute atomic E-state index is 0.634. The highest BCUT2D eigenvalue weighted by atomic mass is 15.1. The third-order valence-electron chi connectivity index (χ3n) is 3.47. The van der Waals surface area contributed by atoms with Crippen molar-refractivity contribution in [1.29, 1.82) is 0 Å². The molecule has 18 heavy (non-hydrogen) atoms.